The van der Waals surface area contributed by atoms with E-state index in [1.54, 1.807) is 16.9 Å². The van der Waals surface area contributed by atoms with E-state index in [1.165, 1.54) is 26.2 Å². The van der Waals surface area contributed by atoms with Crippen molar-refractivity contribution < 1.29 is 13.2 Å². The average molecular weight is 442 g/mol. The number of para-hydroxylation sites is 1. The van der Waals surface area contributed by atoms with Crippen molar-refractivity contribution in [3.63, 3.8) is 0 Å². The monoisotopic (exact) mass is 441 g/mol. The van der Waals surface area contributed by atoms with Crippen molar-refractivity contribution in [2.24, 2.45) is 0 Å². The zero-order valence-corrected chi connectivity index (χ0v) is 18.9. The summed E-state index contributed by atoms with van der Waals surface area (Å²) in [5, 5.41) is 7.21. The summed E-state index contributed by atoms with van der Waals surface area (Å²) in [6.45, 7) is 0. The Morgan fingerprint density at radius 1 is 1.06 bits per heavy atom. The van der Waals surface area contributed by atoms with Gasteiger partial charge in [-0.15, -0.1) is 0 Å². The standard InChI is InChI=1S/C22H27N5O3S/c1-25(2)21-12-11-19(31(29,30)26(3)4)14-20(21)24-22(28)13-10-17-15-23-27(16-17)18-8-6-5-7-9-18/h5-9,11-12,14-16H,10,13H2,1-4H3,(H,24,28). The number of nitrogens with one attached hydrogen (secondary N) is 1. The van der Waals surface area contributed by atoms with E-state index in [4.69, 9.17) is 0 Å². The summed E-state index contributed by atoms with van der Waals surface area (Å²) in [7, 11) is 3.02. The maximum Gasteiger partial charge on any atom is 0.242 e. The molecular formula is C22H27N5O3S. The quantitative estimate of drug-likeness (QED) is 0.581. The maximum atomic E-state index is 12.6. The Morgan fingerprint density at radius 3 is 2.42 bits per heavy atom. The van der Waals surface area contributed by atoms with Gasteiger partial charge in [0.2, 0.25) is 15.9 Å². The van der Waals surface area contributed by atoms with E-state index in [2.05, 4.69) is 10.4 Å². The molecule has 1 amide bonds. The predicted octanol–water partition coefficient (Wildman–Crippen LogP) is 2.76. The van der Waals surface area contributed by atoms with Crippen molar-refractivity contribution in [2.75, 3.05) is 38.4 Å². The molecule has 3 rings (SSSR count). The van der Waals surface area contributed by atoms with Gasteiger partial charge in [0.1, 0.15) is 0 Å². The highest BCUT2D eigenvalue weighted by molar-refractivity contribution is 7.89. The number of hydrogen-bond donors (Lipinski definition) is 1. The van der Waals surface area contributed by atoms with Crippen LogP contribution in [-0.4, -0.2) is 56.6 Å². The topological polar surface area (TPSA) is 87.5 Å². The van der Waals surface area contributed by atoms with Gasteiger partial charge in [-0.3, -0.25) is 4.79 Å². The zero-order chi connectivity index (χ0) is 22.6. The number of sulfonamides is 1. The number of nitrogens with zero attached hydrogens (tertiary/aromatic N) is 4. The van der Waals surface area contributed by atoms with Crippen LogP contribution in [0.2, 0.25) is 0 Å². The minimum absolute atomic E-state index is 0.127. The summed E-state index contributed by atoms with van der Waals surface area (Å²) in [4.78, 5) is 14.6. The lowest BCUT2D eigenvalue weighted by atomic mass is 10.2. The second-order valence-electron chi connectivity index (χ2n) is 7.54. The fraction of sp³-hybridized carbons (Fsp3) is 0.273. The molecule has 1 aromatic heterocycles. The van der Waals surface area contributed by atoms with Gasteiger partial charge in [-0.05, 0) is 42.3 Å². The normalized spacial score (nSPS) is 11.5. The third kappa shape index (κ3) is 5.31. The Morgan fingerprint density at radius 2 is 1.77 bits per heavy atom. The lowest BCUT2D eigenvalue weighted by Crippen LogP contribution is -2.23. The molecule has 0 atom stereocenters. The minimum Gasteiger partial charge on any atom is -0.376 e. The van der Waals surface area contributed by atoms with E-state index in [1.807, 2.05) is 55.5 Å². The Balaban J connectivity index is 1.72. The summed E-state index contributed by atoms with van der Waals surface area (Å²) in [5.74, 6) is -0.199. The van der Waals surface area contributed by atoms with Crippen LogP contribution in [0, 0.1) is 0 Å². The second-order valence-corrected chi connectivity index (χ2v) is 9.69. The first-order valence-electron chi connectivity index (χ1n) is 9.81. The van der Waals surface area contributed by atoms with Gasteiger partial charge in [0.05, 0.1) is 28.2 Å². The lowest BCUT2D eigenvalue weighted by molar-refractivity contribution is -0.116. The smallest absolute Gasteiger partial charge is 0.242 e. The molecule has 0 saturated carbocycles. The molecule has 0 radical (unpaired) electrons. The van der Waals surface area contributed by atoms with Gasteiger partial charge in [-0.25, -0.2) is 17.4 Å². The molecule has 9 heteroatoms. The first-order valence-corrected chi connectivity index (χ1v) is 11.2. The number of carbonyl (C=O) groups excluding carboxylic acids is 1. The number of aryl methyl sites for hydroxylation is 1. The van der Waals surface area contributed by atoms with Crippen LogP contribution >= 0.6 is 0 Å². The van der Waals surface area contributed by atoms with Crippen molar-refractivity contribution in [1.29, 1.82) is 0 Å². The third-order valence-corrected chi connectivity index (χ3v) is 6.61. The molecule has 0 fully saturated rings. The van der Waals surface area contributed by atoms with E-state index in [0.717, 1.165) is 21.2 Å². The molecule has 0 unspecified atom stereocenters. The van der Waals surface area contributed by atoms with Crippen molar-refractivity contribution in [3.8, 4) is 5.69 Å². The summed E-state index contributed by atoms with van der Waals surface area (Å²) >= 11 is 0. The molecule has 8 nitrogen and oxygen atoms in total. The van der Waals surface area contributed by atoms with E-state index in [0.29, 0.717) is 12.1 Å². The molecule has 3 aromatic rings. The van der Waals surface area contributed by atoms with E-state index in [9.17, 15) is 13.2 Å². The van der Waals surface area contributed by atoms with Crippen molar-refractivity contribution >= 4 is 27.3 Å². The van der Waals surface area contributed by atoms with E-state index < -0.39 is 10.0 Å². The summed E-state index contributed by atoms with van der Waals surface area (Å²) in [6, 6.07) is 14.5. The molecule has 1 heterocycles. The molecule has 31 heavy (non-hydrogen) atoms. The van der Waals surface area contributed by atoms with Gasteiger partial charge >= 0.3 is 0 Å². The molecule has 0 aliphatic carbocycles. The van der Waals surface area contributed by atoms with Gasteiger partial charge in [0.15, 0.2) is 0 Å². The molecule has 1 N–H and O–H groups in total. The van der Waals surface area contributed by atoms with Crippen molar-refractivity contribution in [2.45, 2.75) is 17.7 Å². The van der Waals surface area contributed by atoms with Crippen LogP contribution in [0.25, 0.3) is 5.69 Å². The maximum absolute atomic E-state index is 12.6. The number of hydrogen-bond acceptors (Lipinski definition) is 5. The molecule has 0 spiro atoms. The first kappa shape index (κ1) is 22.5. The van der Waals surface area contributed by atoms with Gasteiger partial charge < -0.3 is 10.2 Å². The van der Waals surface area contributed by atoms with Crippen molar-refractivity contribution in [3.05, 3.63) is 66.5 Å². The Kier molecular flexibility index (Phi) is 6.77. The molecule has 0 bridgehead atoms. The van der Waals surface area contributed by atoms with Gasteiger partial charge in [0.25, 0.3) is 0 Å². The molecule has 0 aliphatic heterocycles. The fourth-order valence-corrected chi connectivity index (χ4v) is 3.99. The SMILES string of the molecule is CN(C)c1ccc(S(=O)(=O)N(C)C)cc1NC(=O)CCc1cnn(-c2ccccc2)c1. The van der Waals surface area contributed by atoms with E-state index in [-0.39, 0.29) is 17.2 Å². The minimum atomic E-state index is -3.60. The molecule has 2 aromatic carbocycles. The van der Waals surface area contributed by atoms with Crippen LogP contribution in [0.3, 0.4) is 0 Å². The van der Waals surface area contributed by atoms with Crippen LogP contribution in [-0.2, 0) is 21.2 Å². The van der Waals surface area contributed by atoms with Gasteiger partial charge in [-0.1, -0.05) is 18.2 Å². The van der Waals surface area contributed by atoms with Gasteiger partial charge in [-0.2, -0.15) is 5.10 Å². The number of amides is 1. The summed E-state index contributed by atoms with van der Waals surface area (Å²) in [6.07, 6.45) is 4.41. The lowest BCUT2D eigenvalue weighted by Gasteiger charge is -2.20. The van der Waals surface area contributed by atoms with Crippen LogP contribution < -0.4 is 10.2 Å². The van der Waals surface area contributed by atoms with Crippen LogP contribution in [0.4, 0.5) is 11.4 Å². The molecule has 0 saturated heterocycles. The largest absolute Gasteiger partial charge is 0.376 e. The average Bonchev–Trinajstić information content (AvgIpc) is 3.21. The van der Waals surface area contributed by atoms with Gasteiger partial charge in [0, 0.05) is 40.8 Å². The molecular weight excluding hydrogens is 414 g/mol. The third-order valence-electron chi connectivity index (χ3n) is 4.80. The predicted molar refractivity (Wildman–Crippen MR) is 122 cm³/mol. The highest BCUT2D eigenvalue weighted by Gasteiger charge is 2.20. The van der Waals surface area contributed by atoms with Crippen molar-refractivity contribution in [1.82, 2.24) is 14.1 Å². The Labute approximate surface area is 183 Å². The first-order chi connectivity index (χ1) is 14.7. The molecule has 0 aliphatic rings. The van der Waals surface area contributed by atoms with Crippen LogP contribution in [0.5, 0.6) is 0 Å². The number of carbonyl (C=O) groups is 1. The zero-order valence-electron chi connectivity index (χ0n) is 18.1. The van der Waals surface area contributed by atoms with Crippen LogP contribution in [0.15, 0.2) is 65.8 Å². The molecule has 164 valence electrons. The summed E-state index contributed by atoms with van der Waals surface area (Å²) in [5.41, 5.74) is 3.07. The second kappa shape index (κ2) is 9.32. The van der Waals surface area contributed by atoms with E-state index >= 15 is 0 Å². The number of benzene rings is 2. The highest BCUT2D eigenvalue weighted by Crippen LogP contribution is 2.28. The fourth-order valence-electron chi connectivity index (χ4n) is 3.06. The number of anilines is 2. The highest BCUT2D eigenvalue weighted by atomic mass is 32.2. The Hall–Kier alpha value is -3.17. The Bertz CT molecular complexity index is 1150. The summed E-state index contributed by atoms with van der Waals surface area (Å²) < 4.78 is 27.9. The number of rotatable bonds is 8. The van der Waals surface area contributed by atoms with Crippen LogP contribution in [0.1, 0.15) is 12.0 Å². The number of aromatic nitrogens is 2.